The van der Waals surface area contributed by atoms with Crippen LogP contribution in [-0.4, -0.2) is 30.2 Å². The van der Waals surface area contributed by atoms with Gasteiger partial charge in [-0.3, -0.25) is 10.1 Å². The highest BCUT2D eigenvalue weighted by atomic mass is 16.6. The van der Waals surface area contributed by atoms with Gasteiger partial charge in [0.05, 0.1) is 11.0 Å². The molecule has 1 aromatic carbocycles. The first-order chi connectivity index (χ1) is 9.08. The van der Waals surface area contributed by atoms with E-state index < -0.39 is 10.9 Å². The Kier molecular flexibility index (Phi) is 4.11. The number of carbonyl (C=O) groups is 1. The van der Waals surface area contributed by atoms with Gasteiger partial charge < -0.3 is 9.47 Å². The van der Waals surface area contributed by atoms with E-state index in [9.17, 15) is 14.9 Å². The molecule has 0 aromatic heterocycles. The third-order valence-corrected chi connectivity index (χ3v) is 2.99. The molecule has 0 amide bonds. The van der Waals surface area contributed by atoms with Crippen LogP contribution in [-0.2, 0) is 9.47 Å². The second-order valence-electron chi connectivity index (χ2n) is 4.51. The normalized spacial score (nSPS) is 18.3. The highest BCUT2D eigenvalue weighted by Gasteiger charge is 2.23. The molecule has 19 heavy (non-hydrogen) atoms. The van der Waals surface area contributed by atoms with Gasteiger partial charge in [0.15, 0.2) is 0 Å². The summed E-state index contributed by atoms with van der Waals surface area (Å²) in [7, 11) is 0. The second-order valence-corrected chi connectivity index (χ2v) is 4.51. The van der Waals surface area contributed by atoms with Gasteiger partial charge in [0.2, 0.25) is 0 Å². The average molecular weight is 265 g/mol. The van der Waals surface area contributed by atoms with Crippen LogP contribution in [0.15, 0.2) is 18.2 Å². The highest BCUT2D eigenvalue weighted by molar-refractivity contribution is 5.94. The predicted octanol–water partition coefficient (Wildman–Crippen LogP) is 2.24. The van der Waals surface area contributed by atoms with Crippen LogP contribution in [0.5, 0.6) is 0 Å². The second kappa shape index (κ2) is 5.79. The molecule has 6 heteroatoms. The Balaban J connectivity index is 2.08. The van der Waals surface area contributed by atoms with Gasteiger partial charge in [-0.1, -0.05) is 6.07 Å². The lowest BCUT2D eigenvalue weighted by atomic mass is 10.1. The van der Waals surface area contributed by atoms with Gasteiger partial charge in [-0.25, -0.2) is 4.79 Å². The van der Waals surface area contributed by atoms with E-state index in [0.717, 1.165) is 18.4 Å². The van der Waals surface area contributed by atoms with Crippen LogP contribution in [0.1, 0.15) is 28.8 Å². The average Bonchev–Trinajstić information content (AvgIpc) is 2.88. The van der Waals surface area contributed by atoms with Gasteiger partial charge in [0.1, 0.15) is 12.2 Å². The van der Waals surface area contributed by atoms with E-state index in [1.54, 1.807) is 13.0 Å². The first kappa shape index (κ1) is 13.5. The van der Waals surface area contributed by atoms with Crippen LogP contribution in [0.4, 0.5) is 5.69 Å². The van der Waals surface area contributed by atoms with Crippen LogP contribution in [0.2, 0.25) is 0 Å². The quantitative estimate of drug-likeness (QED) is 0.474. The van der Waals surface area contributed by atoms with Crippen molar-refractivity contribution < 1.29 is 19.2 Å². The summed E-state index contributed by atoms with van der Waals surface area (Å²) in [6.07, 6.45) is 1.71. The van der Waals surface area contributed by atoms with Crippen LogP contribution >= 0.6 is 0 Å². The Morgan fingerprint density at radius 1 is 1.58 bits per heavy atom. The minimum absolute atomic E-state index is 0.0111. The van der Waals surface area contributed by atoms with Crippen molar-refractivity contribution in [3.63, 3.8) is 0 Å². The summed E-state index contributed by atoms with van der Waals surface area (Å²) in [4.78, 5) is 22.2. The van der Waals surface area contributed by atoms with Gasteiger partial charge in [-0.05, 0) is 31.4 Å². The fourth-order valence-electron chi connectivity index (χ4n) is 1.99. The molecule has 1 aromatic rings. The van der Waals surface area contributed by atoms with E-state index in [1.165, 1.54) is 12.1 Å². The van der Waals surface area contributed by atoms with Crippen molar-refractivity contribution in [2.24, 2.45) is 0 Å². The lowest BCUT2D eigenvalue weighted by Crippen LogP contribution is -2.18. The molecule has 1 atom stereocenters. The van der Waals surface area contributed by atoms with E-state index in [4.69, 9.17) is 9.47 Å². The number of hydrogen-bond acceptors (Lipinski definition) is 5. The summed E-state index contributed by atoms with van der Waals surface area (Å²) in [6, 6.07) is 4.38. The number of esters is 1. The fourth-order valence-corrected chi connectivity index (χ4v) is 1.99. The molecule has 0 N–H and O–H groups in total. The molecular formula is C13H15NO5. The van der Waals surface area contributed by atoms with Crippen molar-refractivity contribution in [2.75, 3.05) is 13.2 Å². The minimum Gasteiger partial charge on any atom is -0.459 e. The van der Waals surface area contributed by atoms with Crippen molar-refractivity contribution >= 4 is 11.7 Å². The zero-order chi connectivity index (χ0) is 13.8. The predicted molar refractivity (Wildman–Crippen MR) is 67.1 cm³/mol. The van der Waals surface area contributed by atoms with Crippen molar-refractivity contribution in [1.82, 2.24) is 0 Å². The molecular weight excluding hydrogens is 250 g/mol. The molecule has 1 saturated heterocycles. The molecule has 0 aliphatic carbocycles. The molecule has 1 aliphatic heterocycles. The van der Waals surface area contributed by atoms with Crippen LogP contribution < -0.4 is 0 Å². The lowest BCUT2D eigenvalue weighted by molar-refractivity contribution is -0.385. The third kappa shape index (κ3) is 3.29. The number of carbonyl (C=O) groups excluding carboxylic acids is 1. The standard InChI is InChI=1S/C13H15NO5/c1-9-4-5-12(14(16)17)11(7-9)13(15)19-8-10-3-2-6-18-10/h4-5,7,10H,2-3,6,8H2,1H3/t10-/m0/s1. The van der Waals surface area contributed by atoms with Gasteiger partial charge in [-0.15, -0.1) is 0 Å². The van der Waals surface area contributed by atoms with Crippen molar-refractivity contribution in [3.05, 3.63) is 39.4 Å². The lowest BCUT2D eigenvalue weighted by Gasteiger charge is -2.10. The number of ether oxygens (including phenoxy) is 2. The zero-order valence-electron chi connectivity index (χ0n) is 10.6. The topological polar surface area (TPSA) is 78.7 Å². The van der Waals surface area contributed by atoms with Crippen molar-refractivity contribution in [2.45, 2.75) is 25.9 Å². The third-order valence-electron chi connectivity index (χ3n) is 2.99. The van der Waals surface area contributed by atoms with Crippen LogP contribution in [0.3, 0.4) is 0 Å². The summed E-state index contributed by atoms with van der Waals surface area (Å²) in [5.74, 6) is -0.675. The molecule has 0 bridgehead atoms. The van der Waals surface area contributed by atoms with Crippen LogP contribution in [0, 0.1) is 17.0 Å². The van der Waals surface area contributed by atoms with Gasteiger partial charge in [-0.2, -0.15) is 0 Å². The SMILES string of the molecule is Cc1ccc([N+](=O)[O-])c(C(=O)OC[C@@H]2CCCO2)c1. The maximum Gasteiger partial charge on any atom is 0.345 e. The summed E-state index contributed by atoms with van der Waals surface area (Å²) >= 11 is 0. The highest BCUT2D eigenvalue weighted by Crippen LogP contribution is 2.21. The van der Waals surface area contributed by atoms with Crippen molar-refractivity contribution in [3.8, 4) is 0 Å². The molecule has 6 nitrogen and oxygen atoms in total. The maximum absolute atomic E-state index is 11.9. The molecule has 0 unspecified atom stereocenters. The molecule has 102 valence electrons. The zero-order valence-corrected chi connectivity index (χ0v) is 10.6. The van der Waals surface area contributed by atoms with Gasteiger partial charge in [0, 0.05) is 12.7 Å². The monoisotopic (exact) mass is 265 g/mol. The number of nitro benzene ring substituents is 1. The number of nitro groups is 1. The Morgan fingerprint density at radius 3 is 3.00 bits per heavy atom. The molecule has 2 rings (SSSR count). The fraction of sp³-hybridized carbons (Fsp3) is 0.462. The van der Waals surface area contributed by atoms with E-state index >= 15 is 0 Å². The molecule has 1 heterocycles. The molecule has 0 radical (unpaired) electrons. The van der Waals surface area contributed by atoms with E-state index in [1.807, 2.05) is 0 Å². The first-order valence-corrected chi connectivity index (χ1v) is 6.11. The Morgan fingerprint density at radius 2 is 2.37 bits per heavy atom. The van der Waals surface area contributed by atoms with Gasteiger partial charge >= 0.3 is 5.97 Å². The smallest absolute Gasteiger partial charge is 0.345 e. The van der Waals surface area contributed by atoms with E-state index in [-0.39, 0.29) is 24.0 Å². The van der Waals surface area contributed by atoms with E-state index in [2.05, 4.69) is 0 Å². The maximum atomic E-state index is 11.9. The largest absolute Gasteiger partial charge is 0.459 e. The number of hydrogen-bond donors (Lipinski definition) is 0. The number of benzene rings is 1. The summed E-state index contributed by atoms with van der Waals surface area (Å²) in [6.45, 7) is 2.58. The number of nitrogens with zero attached hydrogens (tertiary/aromatic N) is 1. The molecule has 0 saturated carbocycles. The van der Waals surface area contributed by atoms with Gasteiger partial charge in [0.25, 0.3) is 5.69 Å². The summed E-state index contributed by atoms with van der Waals surface area (Å²) in [5.41, 5.74) is 0.528. The molecule has 1 fully saturated rings. The number of aryl methyl sites for hydroxylation is 1. The number of rotatable bonds is 4. The Labute approximate surface area is 110 Å². The molecule has 1 aliphatic rings. The Bertz CT molecular complexity index is 494. The molecule has 0 spiro atoms. The Hall–Kier alpha value is -1.95. The summed E-state index contributed by atoms with van der Waals surface area (Å²) in [5, 5.41) is 10.9. The minimum atomic E-state index is -0.675. The van der Waals surface area contributed by atoms with Crippen molar-refractivity contribution in [1.29, 1.82) is 0 Å². The van der Waals surface area contributed by atoms with Crippen LogP contribution in [0.25, 0.3) is 0 Å². The van der Waals surface area contributed by atoms with E-state index in [0.29, 0.717) is 6.61 Å². The first-order valence-electron chi connectivity index (χ1n) is 6.11. The summed E-state index contributed by atoms with van der Waals surface area (Å²) < 4.78 is 10.4.